The lowest BCUT2D eigenvalue weighted by molar-refractivity contribution is -0.130. The fraction of sp³-hybridized carbons (Fsp3) is 0.278. The van der Waals surface area contributed by atoms with Crippen molar-refractivity contribution in [3.8, 4) is 5.75 Å². The van der Waals surface area contributed by atoms with Crippen molar-refractivity contribution in [1.29, 1.82) is 0 Å². The van der Waals surface area contributed by atoms with Crippen LogP contribution in [0.3, 0.4) is 0 Å². The Morgan fingerprint density at radius 3 is 2.92 bits per heavy atom. The summed E-state index contributed by atoms with van der Waals surface area (Å²) in [6.45, 7) is 2.03. The number of rotatable bonds is 4. The SMILES string of the molecule is CC(OC(=O)c1cccnc1Cl)C(=O)NC1CCOc2ccccc21. The van der Waals surface area contributed by atoms with E-state index in [1.807, 2.05) is 24.3 Å². The van der Waals surface area contributed by atoms with Crippen molar-refractivity contribution >= 4 is 23.5 Å². The second kappa shape index (κ2) is 7.53. The number of benzene rings is 1. The number of nitrogens with one attached hydrogen (secondary N) is 1. The van der Waals surface area contributed by atoms with Crippen molar-refractivity contribution in [1.82, 2.24) is 10.3 Å². The first-order chi connectivity index (χ1) is 12.1. The van der Waals surface area contributed by atoms with Crippen LogP contribution >= 0.6 is 11.6 Å². The first-order valence-corrected chi connectivity index (χ1v) is 8.27. The molecular formula is C18H17ClN2O4. The summed E-state index contributed by atoms with van der Waals surface area (Å²) in [6, 6.07) is 10.4. The summed E-state index contributed by atoms with van der Waals surface area (Å²) in [4.78, 5) is 28.3. The maximum absolute atomic E-state index is 12.4. The molecule has 7 heteroatoms. The molecule has 2 atom stereocenters. The summed E-state index contributed by atoms with van der Waals surface area (Å²) >= 11 is 5.87. The number of fused-ring (bicyclic) bond motifs is 1. The number of esters is 1. The number of ether oxygens (including phenoxy) is 2. The lowest BCUT2D eigenvalue weighted by atomic mass is 10.0. The molecular weight excluding hydrogens is 344 g/mol. The third-order valence-corrected chi connectivity index (χ3v) is 4.21. The molecule has 0 aliphatic carbocycles. The molecule has 0 bridgehead atoms. The molecule has 130 valence electrons. The minimum Gasteiger partial charge on any atom is -0.493 e. The van der Waals surface area contributed by atoms with Crippen LogP contribution in [-0.4, -0.2) is 29.6 Å². The van der Waals surface area contributed by atoms with Crippen LogP contribution < -0.4 is 10.1 Å². The highest BCUT2D eigenvalue weighted by Crippen LogP contribution is 2.31. The van der Waals surface area contributed by atoms with Gasteiger partial charge in [0.05, 0.1) is 18.2 Å². The molecule has 2 heterocycles. The molecule has 1 N–H and O–H groups in total. The van der Waals surface area contributed by atoms with Gasteiger partial charge in [0.2, 0.25) is 0 Å². The largest absolute Gasteiger partial charge is 0.493 e. The minimum absolute atomic E-state index is 0.0402. The number of hydrogen-bond acceptors (Lipinski definition) is 5. The van der Waals surface area contributed by atoms with Crippen molar-refractivity contribution in [3.05, 3.63) is 58.9 Å². The number of para-hydroxylation sites is 1. The maximum Gasteiger partial charge on any atom is 0.342 e. The van der Waals surface area contributed by atoms with Gasteiger partial charge in [-0.3, -0.25) is 4.79 Å². The minimum atomic E-state index is -0.959. The van der Waals surface area contributed by atoms with Gasteiger partial charge in [-0.05, 0) is 25.1 Å². The molecule has 0 fully saturated rings. The zero-order chi connectivity index (χ0) is 17.8. The molecule has 1 aromatic carbocycles. The van der Waals surface area contributed by atoms with Gasteiger partial charge < -0.3 is 14.8 Å². The summed E-state index contributed by atoms with van der Waals surface area (Å²) in [5, 5.41) is 2.94. The number of halogens is 1. The van der Waals surface area contributed by atoms with E-state index in [1.54, 1.807) is 6.07 Å². The first-order valence-electron chi connectivity index (χ1n) is 7.90. The van der Waals surface area contributed by atoms with E-state index in [-0.39, 0.29) is 22.7 Å². The Balaban J connectivity index is 1.64. The predicted octanol–water partition coefficient (Wildman–Crippen LogP) is 2.92. The van der Waals surface area contributed by atoms with E-state index in [9.17, 15) is 9.59 Å². The van der Waals surface area contributed by atoms with Gasteiger partial charge in [0, 0.05) is 18.2 Å². The third kappa shape index (κ3) is 3.91. The molecule has 0 spiro atoms. The van der Waals surface area contributed by atoms with Crippen LogP contribution in [0.25, 0.3) is 0 Å². The third-order valence-electron chi connectivity index (χ3n) is 3.91. The van der Waals surface area contributed by atoms with Gasteiger partial charge in [-0.2, -0.15) is 0 Å². The molecule has 0 saturated carbocycles. The topological polar surface area (TPSA) is 77.5 Å². The second-order valence-corrected chi connectivity index (χ2v) is 5.98. The van der Waals surface area contributed by atoms with Crippen LogP contribution in [0.2, 0.25) is 5.15 Å². The Morgan fingerprint density at radius 2 is 2.12 bits per heavy atom. The lowest BCUT2D eigenvalue weighted by Gasteiger charge is -2.27. The van der Waals surface area contributed by atoms with E-state index in [0.29, 0.717) is 13.0 Å². The Kier molecular flexibility index (Phi) is 5.19. The van der Waals surface area contributed by atoms with Crippen LogP contribution in [0, 0.1) is 0 Å². The highest BCUT2D eigenvalue weighted by atomic mass is 35.5. The zero-order valence-electron chi connectivity index (χ0n) is 13.6. The molecule has 1 aliphatic rings. The van der Waals surface area contributed by atoms with E-state index in [4.69, 9.17) is 21.1 Å². The molecule has 0 radical (unpaired) electrons. The van der Waals surface area contributed by atoms with E-state index in [2.05, 4.69) is 10.3 Å². The number of amides is 1. The standard InChI is InChI=1S/C18H17ClN2O4/c1-11(25-18(23)13-6-4-9-20-16(13)19)17(22)21-14-8-10-24-15-7-3-2-5-12(14)15/h2-7,9,11,14H,8,10H2,1H3,(H,21,22). The predicted molar refractivity (Wildman–Crippen MR) is 91.6 cm³/mol. The van der Waals surface area contributed by atoms with Gasteiger partial charge in [0.25, 0.3) is 5.91 Å². The molecule has 2 aromatic rings. The summed E-state index contributed by atoms with van der Waals surface area (Å²) in [5.41, 5.74) is 1.04. The fourth-order valence-electron chi connectivity index (χ4n) is 2.60. The van der Waals surface area contributed by atoms with Gasteiger partial charge in [-0.1, -0.05) is 29.8 Å². The van der Waals surface area contributed by atoms with E-state index < -0.39 is 12.1 Å². The molecule has 2 unspecified atom stereocenters. The second-order valence-electron chi connectivity index (χ2n) is 5.63. The van der Waals surface area contributed by atoms with Crippen molar-refractivity contribution in [2.45, 2.75) is 25.5 Å². The normalized spacial score (nSPS) is 17.0. The zero-order valence-corrected chi connectivity index (χ0v) is 14.3. The van der Waals surface area contributed by atoms with Gasteiger partial charge in [0.1, 0.15) is 10.9 Å². The van der Waals surface area contributed by atoms with Crippen LogP contribution in [0.4, 0.5) is 0 Å². The monoisotopic (exact) mass is 360 g/mol. The first kappa shape index (κ1) is 17.2. The van der Waals surface area contributed by atoms with Gasteiger partial charge >= 0.3 is 5.97 Å². The molecule has 1 aliphatic heterocycles. The Labute approximate surface area is 150 Å². The number of hydrogen-bond donors (Lipinski definition) is 1. The van der Waals surface area contributed by atoms with Crippen molar-refractivity contribution < 1.29 is 19.1 Å². The number of pyridine rings is 1. The highest BCUT2D eigenvalue weighted by molar-refractivity contribution is 6.32. The average Bonchev–Trinajstić information content (AvgIpc) is 2.62. The van der Waals surface area contributed by atoms with E-state index >= 15 is 0 Å². The summed E-state index contributed by atoms with van der Waals surface area (Å²) in [5.74, 6) is -0.311. The number of carbonyl (C=O) groups is 2. The van der Waals surface area contributed by atoms with Crippen LogP contribution in [0.1, 0.15) is 35.3 Å². The molecule has 6 nitrogen and oxygen atoms in total. The number of carbonyl (C=O) groups excluding carboxylic acids is 2. The average molecular weight is 361 g/mol. The van der Waals surface area contributed by atoms with Crippen molar-refractivity contribution in [3.63, 3.8) is 0 Å². The maximum atomic E-state index is 12.4. The summed E-state index contributed by atoms with van der Waals surface area (Å²) in [6.07, 6.45) is 1.16. The van der Waals surface area contributed by atoms with Crippen molar-refractivity contribution in [2.24, 2.45) is 0 Å². The smallest absolute Gasteiger partial charge is 0.342 e. The quantitative estimate of drug-likeness (QED) is 0.670. The van der Waals surface area contributed by atoms with Gasteiger partial charge in [0.15, 0.2) is 6.10 Å². The molecule has 1 aromatic heterocycles. The number of nitrogens with zero attached hydrogens (tertiary/aromatic N) is 1. The Bertz CT molecular complexity index is 796. The molecule has 25 heavy (non-hydrogen) atoms. The molecule has 1 amide bonds. The van der Waals surface area contributed by atoms with Crippen LogP contribution in [0.5, 0.6) is 5.75 Å². The van der Waals surface area contributed by atoms with E-state index in [0.717, 1.165) is 11.3 Å². The molecule has 0 saturated heterocycles. The van der Waals surface area contributed by atoms with Crippen LogP contribution in [0.15, 0.2) is 42.6 Å². The Hall–Kier alpha value is -2.60. The fourth-order valence-corrected chi connectivity index (χ4v) is 2.79. The lowest BCUT2D eigenvalue weighted by Crippen LogP contribution is -2.39. The van der Waals surface area contributed by atoms with Crippen LogP contribution in [-0.2, 0) is 9.53 Å². The Morgan fingerprint density at radius 1 is 1.32 bits per heavy atom. The summed E-state index contributed by atoms with van der Waals surface area (Å²) in [7, 11) is 0. The van der Waals surface area contributed by atoms with Gasteiger partial charge in [-0.15, -0.1) is 0 Å². The van der Waals surface area contributed by atoms with Crippen molar-refractivity contribution in [2.75, 3.05) is 6.61 Å². The summed E-state index contributed by atoms with van der Waals surface area (Å²) < 4.78 is 10.8. The highest BCUT2D eigenvalue weighted by Gasteiger charge is 2.26. The number of aromatic nitrogens is 1. The van der Waals surface area contributed by atoms with E-state index in [1.165, 1.54) is 19.2 Å². The molecule has 3 rings (SSSR count). The van der Waals surface area contributed by atoms with Gasteiger partial charge in [-0.25, -0.2) is 9.78 Å².